The van der Waals surface area contributed by atoms with E-state index in [1.165, 1.54) is 0 Å². The van der Waals surface area contributed by atoms with E-state index < -0.39 is 0 Å². The van der Waals surface area contributed by atoms with E-state index in [0.29, 0.717) is 11.2 Å². The molecule has 13 heavy (non-hydrogen) atoms. The second-order valence-corrected chi connectivity index (χ2v) is 3.77. The normalized spacial score (nSPS) is 21.5. The van der Waals surface area contributed by atoms with Gasteiger partial charge in [0.1, 0.15) is 5.82 Å². The molecule has 1 N–H and O–H groups in total. The van der Waals surface area contributed by atoms with Crippen LogP contribution in [0.1, 0.15) is 12.2 Å². The highest BCUT2D eigenvalue weighted by Gasteiger charge is 2.20. The molecule has 1 aromatic heterocycles. The third kappa shape index (κ3) is 1.84. The lowest BCUT2D eigenvalue weighted by Gasteiger charge is -2.21. The van der Waals surface area contributed by atoms with Gasteiger partial charge in [0, 0.05) is 13.0 Å². The van der Waals surface area contributed by atoms with Gasteiger partial charge in [0.15, 0.2) is 0 Å². The van der Waals surface area contributed by atoms with E-state index in [4.69, 9.17) is 11.6 Å². The molecule has 1 atom stereocenters. The van der Waals surface area contributed by atoms with Crippen molar-refractivity contribution in [2.75, 3.05) is 13.6 Å². The molecule has 1 aliphatic heterocycles. The van der Waals surface area contributed by atoms with Crippen LogP contribution in [0.15, 0.2) is 0 Å². The summed E-state index contributed by atoms with van der Waals surface area (Å²) in [5.74, 6) is 1.70. The number of nitrogens with one attached hydrogen (secondary N) is 1. The minimum atomic E-state index is 0.375. The van der Waals surface area contributed by atoms with E-state index in [9.17, 15) is 0 Å². The van der Waals surface area contributed by atoms with Gasteiger partial charge in [-0.3, -0.25) is 0 Å². The average molecular weight is 201 g/mol. The van der Waals surface area contributed by atoms with Crippen LogP contribution >= 0.6 is 11.6 Å². The van der Waals surface area contributed by atoms with Gasteiger partial charge in [-0.25, -0.2) is 9.67 Å². The smallest absolute Gasteiger partial charge is 0.242 e. The van der Waals surface area contributed by atoms with Crippen LogP contribution in [0.3, 0.4) is 0 Å². The molecule has 1 unspecified atom stereocenters. The third-order valence-corrected chi connectivity index (χ3v) is 2.60. The van der Waals surface area contributed by atoms with Crippen LogP contribution in [-0.2, 0) is 13.0 Å². The van der Waals surface area contributed by atoms with Crippen molar-refractivity contribution in [2.24, 2.45) is 5.92 Å². The molecule has 0 radical (unpaired) electrons. The zero-order valence-corrected chi connectivity index (χ0v) is 8.38. The Labute approximate surface area is 82.3 Å². The molecule has 1 aliphatic rings. The molecule has 0 bridgehead atoms. The van der Waals surface area contributed by atoms with Crippen molar-refractivity contribution in [3.63, 3.8) is 0 Å². The molecule has 0 fully saturated rings. The summed E-state index contributed by atoms with van der Waals surface area (Å²) in [6, 6.07) is 0. The number of fused-ring (bicyclic) bond motifs is 1. The lowest BCUT2D eigenvalue weighted by atomic mass is 9.98. The molecule has 2 rings (SSSR count). The van der Waals surface area contributed by atoms with Crippen molar-refractivity contribution in [1.82, 2.24) is 20.1 Å². The van der Waals surface area contributed by atoms with Gasteiger partial charge in [-0.05, 0) is 37.5 Å². The van der Waals surface area contributed by atoms with Crippen LogP contribution in [0.4, 0.5) is 0 Å². The molecule has 0 aliphatic carbocycles. The highest BCUT2D eigenvalue weighted by atomic mass is 35.5. The highest BCUT2D eigenvalue weighted by molar-refractivity contribution is 6.28. The maximum atomic E-state index is 5.72. The summed E-state index contributed by atoms with van der Waals surface area (Å²) < 4.78 is 1.91. The summed E-state index contributed by atoms with van der Waals surface area (Å²) in [4.78, 5) is 4.17. The monoisotopic (exact) mass is 200 g/mol. The Morgan fingerprint density at radius 3 is 3.31 bits per heavy atom. The Hall–Kier alpha value is -0.610. The maximum absolute atomic E-state index is 5.72. The van der Waals surface area contributed by atoms with Crippen molar-refractivity contribution in [3.8, 4) is 0 Å². The predicted molar refractivity (Wildman–Crippen MR) is 50.8 cm³/mol. The van der Waals surface area contributed by atoms with Gasteiger partial charge in [-0.15, -0.1) is 5.10 Å². The molecular formula is C8H13ClN4. The van der Waals surface area contributed by atoms with Gasteiger partial charge in [0.25, 0.3) is 0 Å². The number of nitrogens with zero attached hydrogens (tertiary/aromatic N) is 3. The first-order valence-corrected chi connectivity index (χ1v) is 4.91. The fourth-order valence-electron chi connectivity index (χ4n) is 1.80. The second kappa shape index (κ2) is 3.64. The average Bonchev–Trinajstić information content (AvgIpc) is 2.44. The van der Waals surface area contributed by atoms with Gasteiger partial charge < -0.3 is 5.32 Å². The number of hydrogen-bond donors (Lipinski definition) is 1. The Morgan fingerprint density at radius 2 is 2.54 bits per heavy atom. The second-order valence-electron chi connectivity index (χ2n) is 3.44. The van der Waals surface area contributed by atoms with Gasteiger partial charge >= 0.3 is 0 Å². The van der Waals surface area contributed by atoms with Crippen LogP contribution in [0.25, 0.3) is 0 Å². The molecule has 2 heterocycles. The molecule has 5 heteroatoms. The van der Waals surface area contributed by atoms with Gasteiger partial charge in [0.2, 0.25) is 5.28 Å². The molecule has 0 saturated carbocycles. The topological polar surface area (TPSA) is 42.7 Å². The van der Waals surface area contributed by atoms with Crippen LogP contribution in [0, 0.1) is 5.92 Å². The number of aromatic nitrogens is 3. The minimum Gasteiger partial charge on any atom is -0.319 e. The Morgan fingerprint density at radius 1 is 1.69 bits per heavy atom. The minimum absolute atomic E-state index is 0.375. The Bertz CT molecular complexity index is 296. The number of halogens is 1. The standard InChI is InChI=1S/C8H13ClN4/c1-10-5-6-2-3-13-7(4-6)11-8(9)12-13/h6,10H,2-5H2,1H3. The van der Waals surface area contributed by atoms with Gasteiger partial charge in [-0.1, -0.05) is 0 Å². The zero-order valence-electron chi connectivity index (χ0n) is 7.63. The lowest BCUT2D eigenvalue weighted by Crippen LogP contribution is -2.27. The molecule has 0 saturated heterocycles. The molecule has 1 aromatic rings. The lowest BCUT2D eigenvalue weighted by molar-refractivity contribution is 0.354. The van der Waals surface area contributed by atoms with Crippen LogP contribution in [0.2, 0.25) is 5.28 Å². The summed E-state index contributed by atoms with van der Waals surface area (Å²) in [7, 11) is 1.98. The molecule has 0 aromatic carbocycles. The first-order valence-electron chi connectivity index (χ1n) is 4.53. The first kappa shape index (κ1) is 8.97. The van der Waals surface area contributed by atoms with Crippen molar-refractivity contribution in [3.05, 3.63) is 11.1 Å². The van der Waals surface area contributed by atoms with E-state index in [1.807, 2.05) is 11.7 Å². The summed E-state index contributed by atoms with van der Waals surface area (Å²) >= 11 is 5.72. The summed E-state index contributed by atoms with van der Waals surface area (Å²) in [6.45, 7) is 1.99. The number of rotatable bonds is 2. The van der Waals surface area contributed by atoms with Crippen molar-refractivity contribution < 1.29 is 0 Å². The van der Waals surface area contributed by atoms with E-state index in [0.717, 1.165) is 31.8 Å². The summed E-state index contributed by atoms with van der Waals surface area (Å²) in [5, 5.41) is 7.66. The SMILES string of the molecule is CNCC1CCn2nc(Cl)nc2C1. The van der Waals surface area contributed by atoms with Crippen molar-refractivity contribution >= 4 is 11.6 Å². The van der Waals surface area contributed by atoms with E-state index in [-0.39, 0.29) is 0 Å². The molecular weight excluding hydrogens is 188 g/mol. The van der Waals surface area contributed by atoms with E-state index >= 15 is 0 Å². The highest BCUT2D eigenvalue weighted by Crippen LogP contribution is 2.19. The van der Waals surface area contributed by atoms with E-state index in [1.54, 1.807) is 0 Å². The number of aryl methyl sites for hydroxylation is 1. The van der Waals surface area contributed by atoms with Crippen LogP contribution in [-0.4, -0.2) is 28.4 Å². The van der Waals surface area contributed by atoms with Crippen molar-refractivity contribution in [1.29, 1.82) is 0 Å². The zero-order chi connectivity index (χ0) is 9.26. The largest absolute Gasteiger partial charge is 0.319 e. The van der Waals surface area contributed by atoms with Gasteiger partial charge in [0.05, 0.1) is 0 Å². The summed E-state index contributed by atoms with van der Waals surface area (Å²) in [6.07, 6.45) is 2.15. The molecule has 0 spiro atoms. The fraction of sp³-hybridized carbons (Fsp3) is 0.750. The molecule has 72 valence electrons. The van der Waals surface area contributed by atoms with E-state index in [2.05, 4.69) is 15.4 Å². The third-order valence-electron chi connectivity index (χ3n) is 2.44. The molecule has 4 nitrogen and oxygen atoms in total. The van der Waals surface area contributed by atoms with Crippen LogP contribution < -0.4 is 5.32 Å². The summed E-state index contributed by atoms with van der Waals surface area (Å²) in [5.41, 5.74) is 0. The first-order chi connectivity index (χ1) is 6.29. The fourth-order valence-corrected chi connectivity index (χ4v) is 1.99. The van der Waals surface area contributed by atoms with Crippen LogP contribution in [0.5, 0.6) is 0 Å². The van der Waals surface area contributed by atoms with Gasteiger partial charge in [-0.2, -0.15) is 0 Å². The Kier molecular flexibility index (Phi) is 2.51. The Balaban J connectivity index is 2.10. The quantitative estimate of drug-likeness (QED) is 0.765. The molecule has 0 amide bonds. The van der Waals surface area contributed by atoms with Crippen molar-refractivity contribution in [2.45, 2.75) is 19.4 Å². The predicted octanol–water partition coefficient (Wildman–Crippen LogP) is 0.713. The maximum Gasteiger partial charge on any atom is 0.242 e. The number of hydrogen-bond acceptors (Lipinski definition) is 3.